The second-order valence-electron chi connectivity index (χ2n) is 3.27. The Morgan fingerprint density at radius 1 is 1.47 bits per heavy atom. The molecule has 1 N–H and O–H groups in total. The van der Waals surface area contributed by atoms with Crippen LogP contribution >= 0.6 is 15.9 Å². The molecule has 1 amide bonds. The molecule has 2 nitrogen and oxygen atoms in total. The van der Waals surface area contributed by atoms with E-state index in [9.17, 15) is 18.0 Å². The molecule has 1 atom stereocenters. The number of carbonyl (C=O) groups excluding carboxylic acids is 1. The van der Waals surface area contributed by atoms with Crippen molar-refractivity contribution in [3.63, 3.8) is 0 Å². The summed E-state index contributed by atoms with van der Waals surface area (Å²) in [7, 11) is 0. The molecule has 0 aromatic heterocycles. The van der Waals surface area contributed by atoms with E-state index in [1.54, 1.807) is 0 Å². The van der Waals surface area contributed by atoms with Crippen molar-refractivity contribution in [1.82, 2.24) is 5.32 Å². The topological polar surface area (TPSA) is 29.1 Å². The molecule has 0 heterocycles. The molecule has 0 aliphatic carbocycles. The summed E-state index contributed by atoms with van der Waals surface area (Å²) in [4.78, 5) is 11.1. The molecule has 0 spiro atoms. The zero-order valence-corrected chi connectivity index (χ0v) is 10.1. The molecular weight excluding hydrogens is 275 g/mol. The van der Waals surface area contributed by atoms with Gasteiger partial charge in [-0.2, -0.15) is 13.2 Å². The number of halogens is 4. The van der Waals surface area contributed by atoms with Crippen LogP contribution in [0.3, 0.4) is 0 Å². The van der Waals surface area contributed by atoms with Gasteiger partial charge in [-0.1, -0.05) is 22.9 Å². The summed E-state index contributed by atoms with van der Waals surface area (Å²) in [5, 5.41) is 3.30. The summed E-state index contributed by atoms with van der Waals surface area (Å²) in [6, 6.07) is -0.0369. The minimum absolute atomic E-state index is 0.0369. The standard InChI is InChI=1S/C9H15BrF3NO/c1-2-7(4-6-10)14-8(15)3-5-9(11,12)13/h7H,2-6H2,1H3,(H,14,15). The minimum Gasteiger partial charge on any atom is -0.353 e. The quantitative estimate of drug-likeness (QED) is 0.749. The van der Waals surface area contributed by atoms with E-state index in [1.807, 2.05) is 6.92 Å². The van der Waals surface area contributed by atoms with Gasteiger partial charge in [-0.15, -0.1) is 0 Å². The molecule has 90 valence electrons. The van der Waals surface area contributed by atoms with Crippen molar-refractivity contribution < 1.29 is 18.0 Å². The van der Waals surface area contributed by atoms with Crippen molar-refractivity contribution in [2.45, 2.75) is 44.8 Å². The van der Waals surface area contributed by atoms with E-state index in [1.165, 1.54) is 0 Å². The largest absolute Gasteiger partial charge is 0.389 e. The maximum absolute atomic E-state index is 11.8. The average Bonchev–Trinajstić information content (AvgIpc) is 2.13. The van der Waals surface area contributed by atoms with Gasteiger partial charge in [0.1, 0.15) is 0 Å². The molecular formula is C9H15BrF3NO. The molecule has 0 aromatic carbocycles. The predicted octanol–water partition coefficient (Wildman–Crippen LogP) is 3.01. The van der Waals surface area contributed by atoms with Crippen LogP contribution in [0.2, 0.25) is 0 Å². The maximum atomic E-state index is 11.8. The van der Waals surface area contributed by atoms with Crippen LogP contribution in [0, 0.1) is 0 Å². The van der Waals surface area contributed by atoms with Crippen LogP contribution in [0.5, 0.6) is 0 Å². The summed E-state index contributed by atoms with van der Waals surface area (Å²) >= 11 is 3.22. The molecule has 0 bridgehead atoms. The van der Waals surface area contributed by atoms with E-state index >= 15 is 0 Å². The van der Waals surface area contributed by atoms with Gasteiger partial charge in [0.05, 0.1) is 6.42 Å². The van der Waals surface area contributed by atoms with E-state index in [0.29, 0.717) is 0 Å². The van der Waals surface area contributed by atoms with Gasteiger partial charge in [0.15, 0.2) is 0 Å². The number of hydrogen-bond donors (Lipinski definition) is 1. The van der Waals surface area contributed by atoms with Crippen molar-refractivity contribution in [3.05, 3.63) is 0 Å². The SMILES string of the molecule is CCC(CCBr)NC(=O)CCC(F)(F)F. The smallest absolute Gasteiger partial charge is 0.353 e. The molecule has 0 radical (unpaired) electrons. The Hall–Kier alpha value is -0.260. The van der Waals surface area contributed by atoms with Crippen LogP contribution in [0.25, 0.3) is 0 Å². The lowest BCUT2D eigenvalue weighted by Gasteiger charge is -2.15. The highest BCUT2D eigenvalue weighted by atomic mass is 79.9. The van der Waals surface area contributed by atoms with Gasteiger partial charge < -0.3 is 5.32 Å². The Labute approximate surface area is 95.7 Å². The Morgan fingerprint density at radius 2 is 2.07 bits per heavy atom. The number of rotatable bonds is 6. The van der Waals surface area contributed by atoms with Gasteiger partial charge >= 0.3 is 6.18 Å². The van der Waals surface area contributed by atoms with Crippen molar-refractivity contribution in [3.8, 4) is 0 Å². The first-order valence-corrected chi connectivity index (χ1v) is 5.93. The molecule has 0 fully saturated rings. The Balaban J connectivity index is 3.81. The van der Waals surface area contributed by atoms with Crippen LogP contribution in [-0.2, 0) is 4.79 Å². The first-order chi connectivity index (χ1) is 6.89. The molecule has 0 saturated heterocycles. The van der Waals surface area contributed by atoms with Crippen molar-refractivity contribution >= 4 is 21.8 Å². The molecule has 0 aliphatic heterocycles. The summed E-state index contributed by atoms with van der Waals surface area (Å²) in [6.07, 6.45) is -4.34. The Kier molecular flexibility index (Phi) is 6.96. The number of amides is 1. The molecule has 0 rings (SSSR count). The zero-order chi connectivity index (χ0) is 11.9. The molecule has 0 saturated carbocycles. The lowest BCUT2D eigenvalue weighted by atomic mass is 10.1. The van der Waals surface area contributed by atoms with Crippen LogP contribution in [0.1, 0.15) is 32.6 Å². The zero-order valence-electron chi connectivity index (χ0n) is 8.53. The third kappa shape index (κ3) is 8.72. The fraction of sp³-hybridized carbons (Fsp3) is 0.889. The molecule has 6 heteroatoms. The average molecular weight is 290 g/mol. The minimum atomic E-state index is -4.26. The van der Waals surface area contributed by atoms with E-state index in [4.69, 9.17) is 0 Å². The first-order valence-electron chi connectivity index (χ1n) is 4.81. The van der Waals surface area contributed by atoms with E-state index < -0.39 is 24.9 Å². The first kappa shape index (κ1) is 14.7. The number of nitrogens with one attached hydrogen (secondary N) is 1. The number of alkyl halides is 4. The van der Waals surface area contributed by atoms with Crippen molar-refractivity contribution in [1.29, 1.82) is 0 Å². The van der Waals surface area contributed by atoms with E-state index in [2.05, 4.69) is 21.2 Å². The highest BCUT2D eigenvalue weighted by Gasteiger charge is 2.28. The van der Waals surface area contributed by atoms with E-state index in [0.717, 1.165) is 18.2 Å². The summed E-state index contributed by atoms with van der Waals surface area (Å²) < 4.78 is 35.4. The van der Waals surface area contributed by atoms with E-state index in [-0.39, 0.29) is 6.04 Å². The third-order valence-electron chi connectivity index (χ3n) is 1.95. The van der Waals surface area contributed by atoms with Crippen molar-refractivity contribution in [2.75, 3.05) is 5.33 Å². The summed E-state index contributed by atoms with van der Waals surface area (Å²) in [6.45, 7) is 1.89. The predicted molar refractivity (Wildman–Crippen MR) is 55.9 cm³/mol. The highest BCUT2D eigenvalue weighted by Crippen LogP contribution is 2.21. The third-order valence-corrected chi connectivity index (χ3v) is 2.41. The van der Waals surface area contributed by atoms with Gasteiger partial charge in [0.2, 0.25) is 5.91 Å². The maximum Gasteiger partial charge on any atom is 0.389 e. The Morgan fingerprint density at radius 3 is 2.47 bits per heavy atom. The fourth-order valence-corrected chi connectivity index (χ4v) is 1.62. The summed E-state index contributed by atoms with van der Waals surface area (Å²) in [5.74, 6) is -0.528. The van der Waals surface area contributed by atoms with Crippen LogP contribution < -0.4 is 5.32 Å². The number of hydrogen-bond acceptors (Lipinski definition) is 1. The van der Waals surface area contributed by atoms with Crippen LogP contribution in [0.4, 0.5) is 13.2 Å². The molecule has 1 unspecified atom stereocenters. The number of carbonyl (C=O) groups is 1. The van der Waals surface area contributed by atoms with Gasteiger partial charge in [0, 0.05) is 17.8 Å². The Bertz CT molecular complexity index is 196. The van der Waals surface area contributed by atoms with Gasteiger partial charge in [-0.25, -0.2) is 0 Å². The molecule has 0 aliphatic rings. The molecule has 15 heavy (non-hydrogen) atoms. The molecule has 0 aromatic rings. The lowest BCUT2D eigenvalue weighted by molar-refractivity contribution is -0.144. The van der Waals surface area contributed by atoms with Crippen LogP contribution in [-0.4, -0.2) is 23.5 Å². The van der Waals surface area contributed by atoms with Crippen LogP contribution in [0.15, 0.2) is 0 Å². The van der Waals surface area contributed by atoms with Gasteiger partial charge in [0.25, 0.3) is 0 Å². The second kappa shape index (κ2) is 7.09. The summed E-state index contributed by atoms with van der Waals surface area (Å²) in [5.41, 5.74) is 0. The van der Waals surface area contributed by atoms with Crippen molar-refractivity contribution in [2.24, 2.45) is 0 Å². The highest BCUT2D eigenvalue weighted by molar-refractivity contribution is 9.09. The second-order valence-corrected chi connectivity index (χ2v) is 4.06. The normalized spacial score (nSPS) is 13.7. The van der Waals surface area contributed by atoms with Gasteiger partial charge in [-0.3, -0.25) is 4.79 Å². The fourth-order valence-electron chi connectivity index (χ4n) is 1.07. The van der Waals surface area contributed by atoms with Gasteiger partial charge in [-0.05, 0) is 12.8 Å². The monoisotopic (exact) mass is 289 g/mol. The lowest BCUT2D eigenvalue weighted by Crippen LogP contribution is -2.35.